The van der Waals surface area contributed by atoms with Gasteiger partial charge in [0.05, 0.1) is 5.70 Å². The van der Waals surface area contributed by atoms with Crippen molar-refractivity contribution in [2.24, 2.45) is 0 Å². The summed E-state index contributed by atoms with van der Waals surface area (Å²) in [7, 11) is 0. The highest BCUT2D eigenvalue weighted by molar-refractivity contribution is 8.00. The number of aliphatic hydroxyl groups excluding tert-OH is 1. The third-order valence-electron chi connectivity index (χ3n) is 3.49. The van der Waals surface area contributed by atoms with Gasteiger partial charge in [-0.15, -0.1) is 11.8 Å². The highest BCUT2D eigenvalue weighted by Crippen LogP contribution is 2.44. The van der Waals surface area contributed by atoms with Crippen molar-refractivity contribution in [3.8, 4) is 0 Å². The molecule has 18 heavy (non-hydrogen) atoms. The Hall–Kier alpha value is -0.680. The molecule has 0 aliphatic carbocycles. The van der Waals surface area contributed by atoms with Crippen molar-refractivity contribution in [1.29, 1.82) is 0 Å². The van der Waals surface area contributed by atoms with Gasteiger partial charge in [0.15, 0.2) is 0 Å². The molecule has 5 heteroatoms. The minimum absolute atomic E-state index is 0.328. The van der Waals surface area contributed by atoms with Crippen LogP contribution in [-0.4, -0.2) is 45.9 Å². The lowest BCUT2D eigenvalue weighted by Crippen LogP contribution is -2.46. The van der Waals surface area contributed by atoms with E-state index in [9.17, 15) is 9.90 Å². The monoisotopic (exact) mass is 271 g/mol. The van der Waals surface area contributed by atoms with Crippen LogP contribution < -0.4 is 0 Å². The summed E-state index contributed by atoms with van der Waals surface area (Å²) in [6.07, 6.45) is 3.76. The quantitative estimate of drug-likeness (QED) is 0.772. The van der Waals surface area contributed by atoms with E-state index < -0.39 is 11.0 Å². The fraction of sp³-hybridized carbons (Fsp3) is 0.769. The lowest BCUT2D eigenvalue weighted by molar-refractivity contribution is -0.146. The number of carbonyl (C=O) groups excluding carboxylic acids is 1. The molecular formula is C13H21NO3S. The summed E-state index contributed by atoms with van der Waals surface area (Å²) in [5, 5.41) is 10.3. The van der Waals surface area contributed by atoms with E-state index in [1.807, 2.05) is 13.8 Å². The Bertz CT molecular complexity index is 352. The molecule has 0 radical (unpaired) electrons. The topological polar surface area (TPSA) is 49.8 Å². The van der Waals surface area contributed by atoms with Crippen LogP contribution in [0.25, 0.3) is 0 Å². The highest BCUT2D eigenvalue weighted by Gasteiger charge is 2.51. The number of thioether (sulfide) groups is 1. The zero-order valence-electron chi connectivity index (χ0n) is 11.0. The number of likely N-dealkylation sites (tertiary alicyclic amines) is 1. The van der Waals surface area contributed by atoms with Gasteiger partial charge >= 0.3 is 5.97 Å². The minimum atomic E-state index is -0.884. The zero-order valence-corrected chi connectivity index (χ0v) is 11.8. The molecule has 0 saturated carbocycles. The summed E-state index contributed by atoms with van der Waals surface area (Å²) in [4.78, 5) is 13.0. The Morgan fingerprint density at radius 1 is 1.50 bits per heavy atom. The van der Waals surface area contributed by atoms with Gasteiger partial charge in [-0.05, 0) is 25.0 Å². The lowest BCUT2D eigenvalue weighted by Gasteiger charge is -2.37. The van der Waals surface area contributed by atoms with E-state index in [4.69, 9.17) is 4.74 Å². The van der Waals surface area contributed by atoms with Crippen molar-refractivity contribution in [1.82, 2.24) is 4.90 Å². The van der Waals surface area contributed by atoms with E-state index in [0.29, 0.717) is 6.42 Å². The van der Waals surface area contributed by atoms with Crippen molar-refractivity contribution in [3.63, 3.8) is 0 Å². The van der Waals surface area contributed by atoms with Gasteiger partial charge in [-0.2, -0.15) is 0 Å². The molecule has 2 atom stereocenters. The number of esters is 1. The number of hydrogen-bond donors (Lipinski definition) is 1. The van der Waals surface area contributed by atoms with Gasteiger partial charge < -0.3 is 14.7 Å². The molecule has 1 fully saturated rings. The third kappa shape index (κ3) is 2.26. The van der Waals surface area contributed by atoms with Crippen LogP contribution in [0.5, 0.6) is 0 Å². The number of cyclic esters (lactones) is 1. The normalized spacial score (nSPS) is 29.4. The molecule has 2 aliphatic heterocycles. The molecule has 2 rings (SSSR count). The molecule has 2 unspecified atom stereocenters. The third-order valence-corrected chi connectivity index (χ3v) is 4.78. The van der Waals surface area contributed by atoms with Gasteiger partial charge in [-0.3, -0.25) is 0 Å². The van der Waals surface area contributed by atoms with Crippen molar-refractivity contribution >= 4 is 17.7 Å². The van der Waals surface area contributed by atoms with E-state index in [1.54, 1.807) is 6.08 Å². The maximum absolute atomic E-state index is 11.7. The van der Waals surface area contributed by atoms with Crippen molar-refractivity contribution in [2.45, 2.75) is 44.1 Å². The summed E-state index contributed by atoms with van der Waals surface area (Å²) in [6, 6.07) is 0. The average molecular weight is 271 g/mol. The Labute approximate surface area is 112 Å². The number of nitrogens with zero attached hydrogens (tertiary/aromatic N) is 1. The van der Waals surface area contributed by atoms with Gasteiger partial charge in [-0.25, -0.2) is 4.79 Å². The molecule has 0 spiro atoms. The first kappa shape index (κ1) is 13.7. The van der Waals surface area contributed by atoms with Crippen molar-refractivity contribution in [2.75, 3.05) is 18.8 Å². The van der Waals surface area contributed by atoms with E-state index in [2.05, 4.69) is 4.90 Å². The van der Waals surface area contributed by atoms with Crippen LogP contribution in [0.15, 0.2) is 11.8 Å². The van der Waals surface area contributed by atoms with Crippen LogP contribution >= 0.6 is 11.8 Å². The van der Waals surface area contributed by atoms with E-state index in [-0.39, 0.29) is 5.97 Å². The molecule has 0 bridgehead atoms. The van der Waals surface area contributed by atoms with E-state index in [1.165, 1.54) is 11.8 Å². The number of aliphatic hydroxyl groups is 1. The molecule has 0 amide bonds. The van der Waals surface area contributed by atoms with E-state index in [0.717, 1.165) is 37.4 Å². The van der Waals surface area contributed by atoms with Crippen LogP contribution in [0.4, 0.5) is 0 Å². The smallest absolute Gasteiger partial charge is 0.334 e. The number of ether oxygens (including phenoxy) is 1. The van der Waals surface area contributed by atoms with Gasteiger partial charge in [0.2, 0.25) is 4.93 Å². The molecule has 1 N–H and O–H groups in total. The number of carbonyl (C=O) groups is 1. The molecule has 2 heterocycles. The van der Waals surface area contributed by atoms with E-state index >= 15 is 0 Å². The van der Waals surface area contributed by atoms with Crippen LogP contribution in [0.1, 0.15) is 33.1 Å². The standard InChI is InChI=1S/C13H21NO3S/c1-3-11(15)13(18-4-2)10(9-12(16)17-13)14-7-5-6-8-14/h9,11,15H,3-8H2,1-2H3. The maximum Gasteiger partial charge on any atom is 0.334 e. The molecule has 0 aromatic heterocycles. The second-order valence-electron chi connectivity index (χ2n) is 4.67. The van der Waals surface area contributed by atoms with Crippen molar-refractivity contribution < 1.29 is 14.6 Å². The Balaban J connectivity index is 2.31. The fourth-order valence-electron chi connectivity index (χ4n) is 2.63. The highest BCUT2D eigenvalue weighted by atomic mass is 32.2. The second-order valence-corrected chi connectivity index (χ2v) is 6.14. The van der Waals surface area contributed by atoms with Crippen LogP contribution in [0, 0.1) is 0 Å². The Kier molecular flexibility index (Phi) is 4.22. The Morgan fingerprint density at radius 3 is 2.72 bits per heavy atom. The van der Waals surface area contributed by atoms with Gasteiger partial charge in [0.1, 0.15) is 6.10 Å². The summed E-state index contributed by atoms with van der Waals surface area (Å²) >= 11 is 1.51. The molecule has 0 aromatic rings. The predicted molar refractivity (Wildman–Crippen MR) is 72.1 cm³/mol. The molecule has 1 saturated heterocycles. The molecule has 0 aromatic carbocycles. The van der Waals surface area contributed by atoms with Gasteiger partial charge in [0.25, 0.3) is 0 Å². The first-order valence-corrected chi connectivity index (χ1v) is 7.64. The van der Waals surface area contributed by atoms with Crippen LogP contribution in [0.3, 0.4) is 0 Å². The molecular weight excluding hydrogens is 250 g/mol. The Morgan fingerprint density at radius 2 is 2.17 bits per heavy atom. The molecule has 4 nitrogen and oxygen atoms in total. The number of hydrogen-bond acceptors (Lipinski definition) is 5. The van der Waals surface area contributed by atoms with Gasteiger partial charge in [-0.1, -0.05) is 13.8 Å². The summed E-state index contributed by atoms with van der Waals surface area (Å²) in [6.45, 7) is 5.83. The lowest BCUT2D eigenvalue weighted by atomic mass is 10.1. The van der Waals surface area contributed by atoms with Crippen LogP contribution in [0.2, 0.25) is 0 Å². The number of rotatable bonds is 5. The largest absolute Gasteiger partial charge is 0.436 e. The average Bonchev–Trinajstić information content (AvgIpc) is 2.96. The molecule has 102 valence electrons. The first-order valence-electron chi connectivity index (χ1n) is 6.66. The zero-order chi connectivity index (χ0) is 13.2. The fourth-order valence-corrected chi connectivity index (χ4v) is 3.90. The summed E-state index contributed by atoms with van der Waals surface area (Å²) in [5.74, 6) is 0.473. The maximum atomic E-state index is 11.7. The van der Waals surface area contributed by atoms with Gasteiger partial charge in [0, 0.05) is 19.2 Å². The second kappa shape index (κ2) is 5.53. The molecule has 2 aliphatic rings. The first-order chi connectivity index (χ1) is 8.64. The summed E-state index contributed by atoms with van der Waals surface area (Å²) < 4.78 is 5.51. The SMILES string of the molecule is CCSC1(C(O)CC)OC(=O)C=C1N1CCCC1. The van der Waals surface area contributed by atoms with Crippen LogP contribution in [-0.2, 0) is 9.53 Å². The predicted octanol–water partition coefficient (Wildman–Crippen LogP) is 1.74. The van der Waals surface area contributed by atoms with Crippen molar-refractivity contribution in [3.05, 3.63) is 11.8 Å². The summed E-state index contributed by atoms with van der Waals surface area (Å²) in [5.41, 5.74) is 0.867. The minimum Gasteiger partial charge on any atom is -0.436 e.